The van der Waals surface area contributed by atoms with Crippen molar-refractivity contribution < 1.29 is 12.8 Å². The minimum Gasteiger partial charge on any atom is -0.298 e. The summed E-state index contributed by atoms with van der Waals surface area (Å²) in [6, 6.07) is 4.28. The maximum Gasteiger partial charge on any atom is 0.151 e. The summed E-state index contributed by atoms with van der Waals surface area (Å²) >= 11 is 5.96. The second kappa shape index (κ2) is 6.20. The van der Waals surface area contributed by atoms with Crippen molar-refractivity contribution in [3.8, 4) is 0 Å². The fourth-order valence-electron chi connectivity index (χ4n) is 1.79. The van der Waals surface area contributed by atoms with Gasteiger partial charge in [0.15, 0.2) is 9.84 Å². The molecule has 108 valence electrons. The van der Waals surface area contributed by atoms with Gasteiger partial charge in [0.05, 0.1) is 5.25 Å². The van der Waals surface area contributed by atoms with Gasteiger partial charge in [-0.2, -0.15) is 0 Å². The van der Waals surface area contributed by atoms with Gasteiger partial charge in [0.1, 0.15) is 5.82 Å². The fourth-order valence-corrected chi connectivity index (χ4v) is 2.94. The number of nitrogens with zero attached hydrogens (tertiary/aromatic N) is 1. The maximum atomic E-state index is 13.7. The summed E-state index contributed by atoms with van der Waals surface area (Å²) in [4.78, 5) is 1.79. The van der Waals surface area contributed by atoms with Gasteiger partial charge >= 0.3 is 0 Å². The van der Waals surface area contributed by atoms with Crippen LogP contribution in [0.2, 0.25) is 5.02 Å². The zero-order chi connectivity index (χ0) is 14.8. The SMILES string of the molecule is CC(C(C)S(C)(=O)=O)N(C)Cc1c(F)cccc1Cl. The summed E-state index contributed by atoms with van der Waals surface area (Å²) < 4.78 is 36.8. The summed E-state index contributed by atoms with van der Waals surface area (Å²) in [5, 5.41) is -0.172. The van der Waals surface area contributed by atoms with Gasteiger partial charge in [-0.25, -0.2) is 12.8 Å². The van der Waals surface area contributed by atoms with Crippen LogP contribution in [0.5, 0.6) is 0 Å². The second-order valence-corrected chi connectivity index (χ2v) is 7.70. The molecule has 1 aromatic carbocycles. The van der Waals surface area contributed by atoms with E-state index in [0.29, 0.717) is 10.6 Å². The van der Waals surface area contributed by atoms with Crippen molar-refractivity contribution in [1.29, 1.82) is 0 Å². The highest BCUT2D eigenvalue weighted by Gasteiger charge is 2.26. The van der Waals surface area contributed by atoms with Crippen molar-refractivity contribution in [2.75, 3.05) is 13.3 Å². The molecule has 0 fully saturated rings. The Balaban J connectivity index is 2.88. The van der Waals surface area contributed by atoms with E-state index in [1.54, 1.807) is 37.9 Å². The maximum absolute atomic E-state index is 13.7. The topological polar surface area (TPSA) is 37.4 Å². The van der Waals surface area contributed by atoms with Gasteiger partial charge in [0, 0.05) is 29.4 Å². The zero-order valence-corrected chi connectivity index (χ0v) is 13.1. The van der Waals surface area contributed by atoms with Crippen molar-refractivity contribution >= 4 is 21.4 Å². The molecule has 0 aliphatic rings. The first-order chi connectivity index (χ1) is 8.64. The van der Waals surface area contributed by atoms with E-state index in [4.69, 9.17) is 11.6 Å². The first kappa shape index (κ1) is 16.4. The molecular weight excluding hydrogens is 289 g/mol. The summed E-state index contributed by atoms with van der Waals surface area (Å²) in [7, 11) is -1.37. The van der Waals surface area contributed by atoms with Gasteiger partial charge in [0.2, 0.25) is 0 Å². The molecule has 0 N–H and O–H groups in total. The van der Waals surface area contributed by atoms with E-state index in [2.05, 4.69) is 0 Å². The lowest BCUT2D eigenvalue weighted by molar-refractivity contribution is 0.242. The molecular formula is C13H19ClFNO2S. The Morgan fingerprint density at radius 1 is 1.37 bits per heavy atom. The molecule has 0 aromatic heterocycles. The van der Waals surface area contributed by atoms with Gasteiger partial charge in [-0.15, -0.1) is 0 Å². The summed E-state index contributed by atoms with van der Waals surface area (Å²) in [5.74, 6) is -0.376. The number of hydrogen-bond acceptors (Lipinski definition) is 3. The third kappa shape index (κ3) is 4.16. The van der Waals surface area contributed by atoms with E-state index >= 15 is 0 Å². The van der Waals surface area contributed by atoms with E-state index in [1.807, 2.05) is 0 Å². The van der Waals surface area contributed by atoms with Crippen LogP contribution in [0.15, 0.2) is 18.2 Å². The lowest BCUT2D eigenvalue weighted by Crippen LogP contribution is -2.41. The molecule has 0 heterocycles. The van der Waals surface area contributed by atoms with Gasteiger partial charge in [-0.1, -0.05) is 17.7 Å². The van der Waals surface area contributed by atoms with Crippen LogP contribution in [-0.2, 0) is 16.4 Å². The van der Waals surface area contributed by atoms with E-state index < -0.39 is 15.1 Å². The van der Waals surface area contributed by atoms with E-state index in [1.165, 1.54) is 12.3 Å². The predicted octanol–water partition coefficient (Wildman–Crippen LogP) is 2.73. The third-order valence-electron chi connectivity index (χ3n) is 3.52. The van der Waals surface area contributed by atoms with Crippen molar-refractivity contribution in [2.45, 2.75) is 31.7 Å². The first-order valence-corrected chi connectivity index (χ1v) is 8.30. The average Bonchev–Trinajstić information content (AvgIpc) is 2.30. The molecule has 0 aliphatic heterocycles. The van der Waals surface area contributed by atoms with Gasteiger partial charge < -0.3 is 0 Å². The van der Waals surface area contributed by atoms with Crippen LogP contribution in [0.4, 0.5) is 4.39 Å². The summed E-state index contributed by atoms with van der Waals surface area (Å²) in [6.45, 7) is 3.73. The van der Waals surface area contributed by atoms with Gasteiger partial charge in [-0.05, 0) is 33.0 Å². The van der Waals surface area contributed by atoms with Crippen LogP contribution >= 0.6 is 11.6 Å². The monoisotopic (exact) mass is 307 g/mol. The highest BCUT2D eigenvalue weighted by atomic mass is 35.5. The molecule has 0 saturated heterocycles. The normalized spacial score (nSPS) is 15.5. The lowest BCUT2D eigenvalue weighted by Gasteiger charge is -2.29. The van der Waals surface area contributed by atoms with Crippen molar-refractivity contribution in [2.24, 2.45) is 0 Å². The smallest absolute Gasteiger partial charge is 0.151 e. The summed E-state index contributed by atoms with van der Waals surface area (Å²) in [6.07, 6.45) is 1.21. The molecule has 3 nitrogen and oxygen atoms in total. The zero-order valence-electron chi connectivity index (χ0n) is 11.5. The van der Waals surface area contributed by atoms with E-state index in [0.717, 1.165) is 0 Å². The molecule has 0 bridgehead atoms. The number of rotatable bonds is 5. The number of benzene rings is 1. The van der Waals surface area contributed by atoms with Crippen LogP contribution in [0, 0.1) is 5.82 Å². The van der Waals surface area contributed by atoms with Crippen molar-refractivity contribution in [3.05, 3.63) is 34.6 Å². The Morgan fingerprint density at radius 3 is 2.42 bits per heavy atom. The number of halogens is 2. The molecule has 0 radical (unpaired) electrons. The predicted molar refractivity (Wildman–Crippen MR) is 76.6 cm³/mol. The average molecular weight is 308 g/mol. The van der Waals surface area contributed by atoms with Crippen LogP contribution in [0.25, 0.3) is 0 Å². The van der Waals surface area contributed by atoms with Crippen molar-refractivity contribution in [1.82, 2.24) is 4.90 Å². The molecule has 1 aromatic rings. The molecule has 1 rings (SSSR count). The van der Waals surface area contributed by atoms with Gasteiger partial charge in [0.25, 0.3) is 0 Å². The van der Waals surface area contributed by atoms with Gasteiger partial charge in [-0.3, -0.25) is 4.90 Å². The summed E-state index contributed by atoms with van der Waals surface area (Å²) in [5.41, 5.74) is 0.388. The lowest BCUT2D eigenvalue weighted by atomic mass is 10.1. The molecule has 6 heteroatoms. The van der Waals surface area contributed by atoms with Crippen LogP contribution in [-0.4, -0.2) is 37.9 Å². The Labute approximate surface area is 119 Å². The molecule has 0 spiro atoms. The van der Waals surface area contributed by atoms with Crippen molar-refractivity contribution in [3.63, 3.8) is 0 Å². The largest absolute Gasteiger partial charge is 0.298 e. The van der Waals surface area contributed by atoms with E-state index in [-0.39, 0.29) is 18.4 Å². The highest BCUT2D eigenvalue weighted by Crippen LogP contribution is 2.22. The molecule has 19 heavy (non-hydrogen) atoms. The minimum absolute atomic E-state index is 0.231. The molecule has 0 aliphatic carbocycles. The standard InChI is InChI=1S/C13H19ClFNO2S/c1-9(10(2)19(4,17)18)16(3)8-11-12(14)6-5-7-13(11)15/h5-7,9-10H,8H2,1-4H3. The molecule has 2 atom stereocenters. The minimum atomic E-state index is -3.13. The van der Waals surface area contributed by atoms with Crippen LogP contribution in [0.1, 0.15) is 19.4 Å². The Bertz CT molecular complexity index is 527. The quantitative estimate of drug-likeness (QED) is 0.839. The Kier molecular flexibility index (Phi) is 5.35. The fraction of sp³-hybridized carbons (Fsp3) is 0.538. The molecule has 2 unspecified atom stereocenters. The van der Waals surface area contributed by atoms with Crippen LogP contribution in [0.3, 0.4) is 0 Å². The highest BCUT2D eigenvalue weighted by molar-refractivity contribution is 7.91. The third-order valence-corrected chi connectivity index (χ3v) is 5.62. The molecule has 0 amide bonds. The molecule has 0 saturated carbocycles. The Morgan fingerprint density at radius 2 is 1.95 bits per heavy atom. The van der Waals surface area contributed by atoms with E-state index in [9.17, 15) is 12.8 Å². The number of sulfone groups is 1. The Hall–Kier alpha value is -0.650. The second-order valence-electron chi connectivity index (χ2n) is 4.89. The number of hydrogen-bond donors (Lipinski definition) is 0. The first-order valence-electron chi connectivity index (χ1n) is 5.96. The van der Waals surface area contributed by atoms with Crippen LogP contribution < -0.4 is 0 Å².